The van der Waals surface area contributed by atoms with Gasteiger partial charge in [0, 0.05) is 17.6 Å². The molecule has 0 fully saturated rings. The third kappa shape index (κ3) is 3.82. The number of aryl methyl sites for hydroxylation is 2. The van der Waals surface area contributed by atoms with Crippen molar-refractivity contribution in [1.82, 2.24) is 30.0 Å². The second-order valence-corrected chi connectivity index (χ2v) is 5.87. The Labute approximate surface area is 149 Å². The van der Waals surface area contributed by atoms with Gasteiger partial charge < -0.3 is 9.84 Å². The molecule has 0 saturated heterocycles. The van der Waals surface area contributed by atoms with E-state index >= 15 is 0 Å². The molecule has 3 rings (SSSR count). The number of nitrogens with zero attached hydrogens (tertiary/aromatic N) is 5. The van der Waals surface area contributed by atoms with Gasteiger partial charge in [-0.1, -0.05) is 11.2 Å². The van der Waals surface area contributed by atoms with Crippen LogP contribution in [0.1, 0.15) is 30.2 Å². The van der Waals surface area contributed by atoms with Crippen molar-refractivity contribution in [2.45, 2.75) is 33.4 Å². The van der Waals surface area contributed by atoms with Crippen LogP contribution in [0.3, 0.4) is 0 Å². The van der Waals surface area contributed by atoms with Crippen LogP contribution in [0, 0.1) is 13.8 Å². The second-order valence-electron chi connectivity index (χ2n) is 5.87. The van der Waals surface area contributed by atoms with Crippen LogP contribution in [0.25, 0.3) is 11.5 Å². The highest BCUT2D eigenvalue weighted by Gasteiger charge is 2.18. The highest BCUT2D eigenvalue weighted by atomic mass is 16.5. The van der Waals surface area contributed by atoms with E-state index in [4.69, 9.17) is 4.52 Å². The molecule has 9 heteroatoms. The largest absolute Gasteiger partial charge is 0.348 e. The number of hydrogen-bond acceptors (Lipinski definition) is 7. The van der Waals surface area contributed by atoms with Gasteiger partial charge in [-0.05, 0) is 39.0 Å². The SMILES string of the molecule is Cc1cc(C)n(CC(=O)N[C@@H](C)c2nc(-c3ccccn3)no2)c(=O)n1. The molecule has 1 N–H and O–H groups in total. The molecule has 0 spiro atoms. The number of rotatable bonds is 5. The highest BCUT2D eigenvalue weighted by Crippen LogP contribution is 2.16. The van der Waals surface area contributed by atoms with Crippen molar-refractivity contribution in [3.05, 3.63) is 58.2 Å². The molecule has 1 amide bonds. The highest BCUT2D eigenvalue weighted by molar-refractivity contribution is 5.76. The van der Waals surface area contributed by atoms with Crippen LogP contribution in [0.15, 0.2) is 39.8 Å². The molecule has 0 unspecified atom stereocenters. The first-order valence-corrected chi connectivity index (χ1v) is 8.03. The van der Waals surface area contributed by atoms with E-state index in [1.807, 2.05) is 6.07 Å². The van der Waals surface area contributed by atoms with E-state index in [1.54, 1.807) is 45.2 Å². The molecule has 0 aliphatic heterocycles. The Kier molecular flexibility index (Phi) is 4.87. The molecule has 9 nitrogen and oxygen atoms in total. The number of amides is 1. The standard InChI is InChI=1S/C17H18N6O3/c1-10-8-11(2)23(17(25)19-10)9-14(24)20-12(3)16-21-15(22-26-16)13-6-4-5-7-18-13/h4-8,12H,9H2,1-3H3,(H,20,24)/t12-/m0/s1. The number of hydrogen-bond donors (Lipinski definition) is 1. The molecule has 26 heavy (non-hydrogen) atoms. The van der Waals surface area contributed by atoms with Gasteiger partial charge in [0.15, 0.2) is 0 Å². The molecule has 3 heterocycles. The Morgan fingerprint density at radius 3 is 2.81 bits per heavy atom. The average Bonchev–Trinajstić information content (AvgIpc) is 3.09. The van der Waals surface area contributed by atoms with Gasteiger partial charge in [-0.2, -0.15) is 9.97 Å². The lowest BCUT2D eigenvalue weighted by atomic mass is 10.3. The fourth-order valence-corrected chi connectivity index (χ4v) is 2.47. The predicted octanol–water partition coefficient (Wildman–Crippen LogP) is 1.18. The summed E-state index contributed by atoms with van der Waals surface area (Å²) >= 11 is 0. The summed E-state index contributed by atoms with van der Waals surface area (Å²) in [7, 11) is 0. The number of aromatic nitrogens is 5. The van der Waals surface area contributed by atoms with Crippen LogP contribution in [0.4, 0.5) is 0 Å². The van der Waals surface area contributed by atoms with Crippen molar-refractivity contribution < 1.29 is 9.32 Å². The third-order valence-electron chi connectivity index (χ3n) is 3.73. The van der Waals surface area contributed by atoms with Crippen LogP contribution in [0.5, 0.6) is 0 Å². The summed E-state index contributed by atoms with van der Waals surface area (Å²) in [4.78, 5) is 36.4. The van der Waals surface area contributed by atoms with Crippen LogP contribution >= 0.6 is 0 Å². The summed E-state index contributed by atoms with van der Waals surface area (Å²) in [6.45, 7) is 5.07. The Bertz CT molecular complexity index is 980. The number of nitrogens with one attached hydrogen (secondary N) is 1. The van der Waals surface area contributed by atoms with Crippen LogP contribution < -0.4 is 11.0 Å². The topological polar surface area (TPSA) is 116 Å². The van der Waals surface area contributed by atoms with Gasteiger partial charge in [-0.15, -0.1) is 0 Å². The number of carbonyl (C=O) groups excluding carboxylic acids is 1. The minimum Gasteiger partial charge on any atom is -0.343 e. The van der Waals surface area contributed by atoms with E-state index in [0.717, 1.165) is 0 Å². The Hall–Kier alpha value is -3.36. The van der Waals surface area contributed by atoms with Gasteiger partial charge in [0.1, 0.15) is 18.3 Å². The van der Waals surface area contributed by atoms with Gasteiger partial charge in [0.05, 0.1) is 0 Å². The fraction of sp³-hybridized carbons (Fsp3) is 0.294. The van der Waals surface area contributed by atoms with Gasteiger partial charge >= 0.3 is 5.69 Å². The van der Waals surface area contributed by atoms with Crippen LogP contribution in [-0.2, 0) is 11.3 Å². The second kappa shape index (κ2) is 7.26. The minimum absolute atomic E-state index is 0.135. The lowest BCUT2D eigenvalue weighted by molar-refractivity contribution is -0.122. The Morgan fingerprint density at radius 1 is 1.31 bits per heavy atom. The molecule has 0 bridgehead atoms. The van der Waals surface area contributed by atoms with E-state index < -0.39 is 11.7 Å². The molecule has 0 aromatic carbocycles. The van der Waals surface area contributed by atoms with Crippen LogP contribution in [-0.4, -0.2) is 30.6 Å². The lowest BCUT2D eigenvalue weighted by Gasteiger charge is -2.12. The molecular weight excluding hydrogens is 336 g/mol. The van der Waals surface area contributed by atoms with Gasteiger partial charge in [0.25, 0.3) is 0 Å². The summed E-state index contributed by atoms with van der Waals surface area (Å²) in [5.41, 5.74) is 1.40. The minimum atomic E-state index is -0.512. The first-order chi connectivity index (χ1) is 12.4. The molecule has 134 valence electrons. The van der Waals surface area contributed by atoms with Crippen molar-refractivity contribution >= 4 is 5.91 Å². The molecular formula is C17H18N6O3. The molecule has 0 aliphatic rings. The van der Waals surface area contributed by atoms with Crippen molar-refractivity contribution in [2.75, 3.05) is 0 Å². The smallest absolute Gasteiger partial charge is 0.343 e. The Morgan fingerprint density at radius 2 is 2.12 bits per heavy atom. The van der Waals surface area contributed by atoms with Gasteiger partial charge in [0.2, 0.25) is 17.6 Å². The van der Waals surface area contributed by atoms with E-state index in [0.29, 0.717) is 22.9 Å². The van der Waals surface area contributed by atoms with E-state index in [2.05, 4.69) is 25.4 Å². The average molecular weight is 354 g/mol. The van der Waals surface area contributed by atoms with Crippen molar-refractivity contribution in [3.8, 4) is 11.5 Å². The molecule has 0 radical (unpaired) electrons. The van der Waals surface area contributed by atoms with Gasteiger partial charge in [-0.25, -0.2) is 4.79 Å². The van der Waals surface area contributed by atoms with E-state index in [1.165, 1.54) is 4.57 Å². The zero-order valence-corrected chi connectivity index (χ0v) is 14.6. The lowest BCUT2D eigenvalue weighted by Crippen LogP contribution is -2.35. The molecule has 1 atom stereocenters. The van der Waals surface area contributed by atoms with Crippen molar-refractivity contribution in [3.63, 3.8) is 0 Å². The van der Waals surface area contributed by atoms with E-state index in [-0.39, 0.29) is 18.3 Å². The molecule has 0 saturated carbocycles. The van der Waals surface area contributed by atoms with Gasteiger partial charge in [-0.3, -0.25) is 14.3 Å². The predicted molar refractivity (Wildman–Crippen MR) is 92.1 cm³/mol. The molecule has 0 aliphatic carbocycles. The third-order valence-corrected chi connectivity index (χ3v) is 3.73. The van der Waals surface area contributed by atoms with Crippen LogP contribution in [0.2, 0.25) is 0 Å². The summed E-state index contributed by atoms with van der Waals surface area (Å²) < 4.78 is 6.51. The van der Waals surface area contributed by atoms with E-state index in [9.17, 15) is 9.59 Å². The fourth-order valence-electron chi connectivity index (χ4n) is 2.47. The molecule has 3 aromatic rings. The quantitative estimate of drug-likeness (QED) is 0.731. The monoisotopic (exact) mass is 354 g/mol. The summed E-state index contributed by atoms with van der Waals surface area (Å²) in [5, 5.41) is 6.61. The Balaban J connectivity index is 1.69. The number of carbonyl (C=O) groups is 1. The van der Waals surface area contributed by atoms with Crippen molar-refractivity contribution in [1.29, 1.82) is 0 Å². The first-order valence-electron chi connectivity index (χ1n) is 8.03. The maximum Gasteiger partial charge on any atom is 0.348 e. The summed E-state index contributed by atoms with van der Waals surface area (Å²) in [6, 6.07) is 6.60. The van der Waals surface area contributed by atoms with Crippen molar-refractivity contribution in [2.24, 2.45) is 0 Å². The summed E-state index contributed by atoms with van der Waals surface area (Å²) in [5.74, 6) is 0.243. The zero-order chi connectivity index (χ0) is 18.7. The zero-order valence-electron chi connectivity index (χ0n) is 14.6. The molecule has 3 aromatic heterocycles. The maximum absolute atomic E-state index is 12.3. The maximum atomic E-state index is 12.3. The number of pyridine rings is 1. The summed E-state index contributed by atoms with van der Waals surface area (Å²) in [6.07, 6.45) is 1.63. The first kappa shape index (κ1) is 17.5. The normalized spacial score (nSPS) is 12.0.